The topological polar surface area (TPSA) is 43.8 Å². The summed E-state index contributed by atoms with van der Waals surface area (Å²) in [4.78, 5) is 16.4. The third kappa shape index (κ3) is 2.86. The van der Waals surface area contributed by atoms with Gasteiger partial charge in [-0.15, -0.1) is 0 Å². The summed E-state index contributed by atoms with van der Waals surface area (Å²) in [6.45, 7) is 9.10. The van der Waals surface area contributed by atoms with Crippen LogP contribution < -0.4 is 0 Å². The van der Waals surface area contributed by atoms with Gasteiger partial charge >= 0.3 is 5.97 Å². The Kier molecular flexibility index (Phi) is 4.28. The van der Waals surface area contributed by atoms with Gasteiger partial charge in [0, 0.05) is 19.1 Å². The first-order valence-electron chi connectivity index (χ1n) is 7.25. The van der Waals surface area contributed by atoms with Crippen molar-refractivity contribution in [3.63, 3.8) is 0 Å². The Morgan fingerprint density at radius 3 is 2.72 bits per heavy atom. The molecule has 2 fully saturated rings. The summed E-state index contributed by atoms with van der Waals surface area (Å²) < 4.78 is 0. The number of nitrogens with zero attached hydrogens (tertiary/aromatic N) is 2. The van der Waals surface area contributed by atoms with Crippen LogP contribution in [0.15, 0.2) is 0 Å². The van der Waals surface area contributed by atoms with Crippen LogP contribution in [0.5, 0.6) is 0 Å². The highest BCUT2D eigenvalue weighted by Crippen LogP contribution is 2.26. The normalized spacial score (nSPS) is 29.6. The minimum absolute atomic E-state index is 0.590. The van der Waals surface area contributed by atoms with Crippen LogP contribution in [-0.4, -0.2) is 59.6 Å². The number of aliphatic carboxylic acids is 1. The summed E-state index contributed by atoms with van der Waals surface area (Å²) in [5, 5.41) is 9.38. The third-order valence-corrected chi connectivity index (χ3v) is 4.76. The Labute approximate surface area is 110 Å². The van der Waals surface area contributed by atoms with Crippen molar-refractivity contribution < 1.29 is 9.90 Å². The molecule has 0 spiro atoms. The highest BCUT2D eigenvalue weighted by Gasteiger charge is 2.36. The molecule has 0 radical (unpaired) electrons. The number of hydrogen-bond donors (Lipinski definition) is 1. The molecule has 2 aliphatic heterocycles. The van der Waals surface area contributed by atoms with Crippen LogP contribution in [-0.2, 0) is 4.79 Å². The summed E-state index contributed by atoms with van der Waals surface area (Å²) in [5.41, 5.74) is -0.590. The van der Waals surface area contributed by atoms with Crippen molar-refractivity contribution in [1.82, 2.24) is 9.80 Å². The van der Waals surface area contributed by atoms with Gasteiger partial charge < -0.3 is 10.0 Å². The molecule has 0 amide bonds. The van der Waals surface area contributed by atoms with E-state index in [9.17, 15) is 9.90 Å². The van der Waals surface area contributed by atoms with E-state index in [1.54, 1.807) is 0 Å². The van der Waals surface area contributed by atoms with Crippen molar-refractivity contribution >= 4 is 5.97 Å². The van der Waals surface area contributed by atoms with Crippen LogP contribution >= 0.6 is 0 Å². The SMILES string of the molecule is CCC(C)(CN1CCCN2CCCC2C1)C(=O)O. The van der Waals surface area contributed by atoms with Crippen LogP contribution in [0, 0.1) is 5.41 Å². The Balaban J connectivity index is 1.98. The summed E-state index contributed by atoms with van der Waals surface area (Å²) in [6.07, 6.45) is 4.47. The first-order valence-corrected chi connectivity index (χ1v) is 7.25. The van der Waals surface area contributed by atoms with E-state index in [4.69, 9.17) is 0 Å². The van der Waals surface area contributed by atoms with Crippen LogP contribution in [0.2, 0.25) is 0 Å². The number of carboxylic acids is 1. The highest BCUT2D eigenvalue weighted by atomic mass is 16.4. The molecule has 0 aromatic rings. The largest absolute Gasteiger partial charge is 0.481 e. The zero-order valence-electron chi connectivity index (χ0n) is 11.7. The van der Waals surface area contributed by atoms with E-state index in [1.165, 1.54) is 32.4 Å². The third-order valence-electron chi connectivity index (χ3n) is 4.76. The van der Waals surface area contributed by atoms with Crippen molar-refractivity contribution in [2.24, 2.45) is 5.41 Å². The van der Waals surface area contributed by atoms with Gasteiger partial charge in [0.1, 0.15) is 0 Å². The standard InChI is InChI=1S/C14H26N2O2/c1-3-14(2,13(17)18)11-15-7-5-9-16-8-4-6-12(16)10-15/h12H,3-11H2,1-2H3,(H,17,18). The zero-order valence-corrected chi connectivity index (χ0v) is 11.7. The predicted octanol–water partition coefficient (Wildman–Crippen LogP) is 1.66. The van der Waals surface area contributed by atoms with E-state index in [2.05, 4.69) is 9.80 Å². The maximum absolute atomic E-state index is 11.4. The second-order valence-corrected chi connectivity index (χ2v) is 6.14. The number of rotatable bonds is 4. The van der Waals surface area contributed by atoms with Gasteiger partial charge in [0.05, 0.1) is 5.41 Å². The van der Waals surface area contributed by atoms with Gasteiger partial charge in [0.15, 0.2) is 0 Å². The van der Waals surface area contributed by atoms with Crippen LogP contribution in [0.3, 0.4) is 0 Å². The molecule has 2 atom stereocenters. The molecule has 4 heteroatoms. The van der Waals surface area contributed by atoms with Gasteiger partial charge in [0.2, 0.25) is 0 Å². The van der Waals surface area contributed by atoms with E-state index in [1.807, 2.05) is 13.8 Å². The molecule has 0 aliphatic carbocycles. The fraction of sp³-hybridized carbons (Fsp3) is 0.929. The average Bonchev–Trinajstić information content (AvgIpc) is 2.68. The quantitative estimate of drug-likeness (QED) is 0.828. The fourth-order valence-electron chi connectivity index (χ4n) is 3.25. The van der Waals surface area contributed by atoms with Crippen molar-refractivity contribution in [3.8, 4) is 0 Å². The number of carboxylic acid groups (broad SMARTS) is 1. The molecule has 2 unspecified atom stereocenters. The van der Waals surface area contributed by atoms with Crippen molar-refractivity contribution in [2.75, 3.05) is 32.7 Å². The second kappa shape index (κ2) is 5.57. The molecule has 2 saturated heterocycles. The fourth-order valence-corrected chi connectivity index (χ4v) is 3.25. The molecule has 18 heavy (non-hydrogen) atoms. The molecule has 2 rings (SSSR count). The summed E-state index contributed by atoms with van der Waals surface area (Å²) in [7, 11) is 0. The summed E-state index contributed by atoms with van der Waals surface area (Å²) in [5.74, 6) is -0.655. The van der Waals surface area contributed by atoms with Gasteiger partial charge in [-0.1, -0.05) is 6.92 Å². The molecule has 0 aromatic heterocycles. The summed E-state index contributed by atoms with van der Waals surface area (Å²) in [6, 6.07) is 0.669. The van der Waals surface area contributed by atoms with Crippen molar-refractivity contribution in [2.45, 2.75) is 45.6 Å². The lowest BCUT2D eigenvalue weighted by atomic mass is 9.87. The smallest absolute Gasteiger partial charge is 0.310 e. The zero-order chi connectivity index (χ0) is 13.2. The van der Waals surface area contributed by atoms with Crippen LogP contribution in [0.1, 0.15) is 39.5 Å². The maximum Gasteiger partial charge on any atom is 0.310 e. The molecule has 0 saturated carbocycles. The molecule has 0 bridgehead atoms. The molecule has 4 nitrogen and oxygen atoms in total. The lowest BCUT2D eigenvalue weighted by Gasteiger charge is -2.32. The first kappa shape index (κ1) is 13.8. The highest BCUT2D eigenvalue weighted by molar-refractivity contribution is 5.74. The van der Waals surface area contributed by atoms with E-state index < -0.39 is 11.4 Å². The van der Waals surface area contributed by atoms with E-state index >= 15 is 0 Å². The number of fused-ring (bicyclic) bond motifs is 1. The van der Waals surface area contributed by atoms with Gasteiger partial charge in [-0.2, -0.15) is 0 Å². The minimum Gasteiger partial charge on any atom is -0.481 e. The van der Waals surface area contributed by atoms with Crippen molar-refractivity contribution in [1.29, 1.82) is 0 Å². The van der Waals surface area contributed by atoms with E-state index in [-0.39, 0.29) is 0 Å². The van der Waals surface area contributed by atoms with Gasteiger partial charge in [-0.3, -0.25) is 9.69 Å². The van der Waals surface area contributed by atoms with Crippen molar-refractivity contribution in [3.05, 3.63) is 0 Å². The molecule has 1 N–H and O–H groups in total. The predicted molar refractivity (Wildman–Crippen MR) is 71.7 cm³/mol. The van der Waals surface area contributed by atoms with Crippen LogP contribution in [0.25, 0.3) is 0 Å². The Bertz CT molecular complexity index is 308. The van der Waals surface area contributed by atoms with E-state index in [0.717, 1.165) is 13.1 Å². The maximum atomic E-state index is 11.4. The molecule has 104 valence electrons. The lowest BCUT2D eigenvalue weighted by molar-refractivity contribution is -0.149. The first-order chi connectivity index (χ1) is 8.55. The molecule has 0 aromatic carbocycles. The van der Waals surface area contributed by atoms with E-state index in [0.29, 0.717) is 19.0 Å². The monoisotopic (exact) mass is 254 g/mol. The number of carbonyl (C=O) groups is 1. The second-order valence-electron chi connectivity index (χ2n) is 6.14. The average molecular weight is 254 g/mol. The van der Waals surface area contributed by atoms with Gasteiger partial charge in [-0.05, 0) is 52.2 Å². The Morgan fingerprint density at radius 1 is 1.33 bits per heavy atom. The molecular formula is C14H26N2O2. The Morgan fingerprint density at radius 2 is 2.06 bits per heavy atom. The van der Waals surface area contributed by atoms with Gasteiger partial charge in [-0.25, -0.2) is 0 Å². The van der Waals surface area contributed by atoms with Crippen LogP contribution in [0.4, 0.5) is 0 Å². The molecule has 2 aliphatic rings. The molecular weight excluding hydrogens is 228 g/mol. The lowest BCUT2D eigenvalue weighted by Crippen LogP contribution is -2.44. The Hall–Kier alpha value is -0.610. The molecule has 2 heterocycles. The number of hydrogen-bond acceptors (Lipinski definition) is 3. The minimum atomic E-state index is -0.655. The summed E-state index contributed by atoms with van der Waals surface area (Å²) >= 11 is 0. The van der Waals surface area contributed by atoms with Gasteiger partial charge in [0.25, 0.3) is 0 Å².